The molecule has 0 aliphatic carbocycles. The number of anilines is 1. The third kappa shape index (κ3) is 3.37. The van der Waals surface area contributed by atoms with E-state index in [9.17, 15) is 5.02 Å². The van der Waals surface area contributed by atoms with Gasteiger partial charge in [0, 0.05) is 12.6 Å². The maximum atomic E-state index is 9.68. The highest BCUT2D eigenvalue weighted by molar-refractivity contribution is 7.80. The zero-order chi connectivity index (χ0) is 13.8. The van der Waals surface area contributed by atoms with E-state index < -0.39 is 7.12 Å². The van der Waals surface area contributed by atoms with E-state index in [0.717, 1.165) is 5.56 Å². The molecule has 8 heteroatoms. The molecule has 0 aromatic heterocycles. The van der Waals surface area contributed by atoms with Crippen molar-refractivity contribution in [3.8, 4) is 0 Å². The van der Waals surface area contributed by atoms with E-state index in [0.29, 0.717) is 36.0 Å². The van der Waals surface area contributed by atoms with E-state index in [4.69, 9.17) is 37.9 Å². The summed E-state index contributed by atoms with van der Waals surface area (Å²) in [5.41, 5.74) is 2.02. The average Bonchev–Trinajstić information content (AvgIpc) is 2.76. The monoisotopic (exact) mass is 301 g/mol. The van der Waals surface area contributed by atoms with E-state index in [1.54, 1.807) is 13.2 Å². The van der Waals surface area contributed by atoms with Crippen LogP contribution in [0.2, 0.25) is 5.02 Å². The summed E-state index contributed by atoms with van der Waals surface area (Å²) in [6, 6.07) is 3.60. The van der Waals surface area contributed by atoms with Crippen LogP contribution in [0.3, 0.4) is 0 Å². The number of thiocarbonyl (C=S) groups is 1. The first-order valence-corrected chi connectivity index (χ1v) is 6.45. The van der Waals surface area contributed by atoms with Crippen LogP contribution < -0.4 is 10.8 Å². The van der Waals surface area contributed by atoms with Crippen molar-refractivity contribution < 1.29 is 19.2 Å². The summed E-state index contributed by atoms with van der Waals surface area (Å²) in [7, 11) is 0.589. The summed E-state index contributed by atoms with van der Waals surface area (Å²) in [6.07, 6.45) is 0. The van der Waals surface area contributed by atoms with Crippen LogP contribution in [0.25, 0.3) is 0 Å². The van der Waals surface area contributed by atoms with Crippen molar-refractivity contribution in [1.29, 1.82) is 0 Å². The number of hydrogen-bond donors (Lipinski definition) is 2. The molecular weight excluding hydrogens is 288 g/mol. The quantitative estimate of drug-likeness (QED) is 0.490. The highest BCUT2D eigenvalue weighted by atomic mass is 35.5. The minimum atomic E-state index is -0.993. The zero-order valence-corrected chi connectivity index (χ0v) is 11.9. The molecule has 0 saturated heterocycles. The van der Waals surface area contributed by atoms with Crippen molar-refractivity contribution in [2.45, 2.75) is 6.61 Å². The van der Waals surface area contributed by atoms with Crippen LogP contribution in [-0.2, 0) is 20.7 Å². The Kier molecular flexibility index (Phi) is 5.01. The summed E-state index contributed by atoms with van der Waals surface area (Å²) in [4.78, 5) is 0. The molecule has 1 aliphatic rings. The van der Waals surface area contributed by atoms with Gasteiger partial charge in [0.2, 0.25) is 0 Å². The molecular formula is C11H13BClNO4S. The first-order valence-electron chi connectivity index (χ1n) is 5.67. The molecule has 102 valence electrons. The topological polar surface area (TPSA) is 60.0 Å². The lowest BCUT2D eigenvalue weighted by atomic mass is 9.79. The molecule has 0 spiro atoms. The average molecular weight is 302 g/mol. The number of benzene rings is 1. The van der Waals surface area contributed by atoms with Crippen LogP contribution >= 0.6 is 23.8 Å². The molecule has 2 N–H and O–H groups in total. The predicted octanol–water partition coefficient (Wildman–Crippen LogP) is 0.917. The molecule has 1 aromatic carbocycles. The maximum Gasteiger partial charge on any atom is 0.493 e. The van der Waals surface area contributed by atoms with Crippen LogP contribution in [0.4, 0.5) is 5.69 Å². The molecule has 0 unspecified atom stereocenters. The van der Waals surface area contributed by atoms with Gasteiger partial charge in [-0.25, -0.2) is 0 Å². The van der Waals surface area contributed by atoms with Crippen molar-refractivity contribution in [3.63, 3.8) is 0 Å². The lowest BCUT2D eigenvalue weighted by molar-refractivity contribution is 0.143. The summed E-state index contributed by atoms with van der Waals surface area (Å²) < 4.78 is 15.2. The van der Waals surface area contributed by atoms with Gasteiger partial charge in [-0.2, -0.15) is 0 Å². The van der Waals surface area contributed by atoms with Gasteiger partial charge in [0.1, 0.15) is 6.61 Å². The molecule has 1 aliphatic heterocycles. The second-order valence-electron chi connectivity index (χ2n) is 3.92. The minimum absolute atomic E-state index is 0.201. The Balaban J connectivity index is 2.06. The van der Waals surface area contributed by atoms with Crippen molar-refractivity contribution in [1.82, 2.24) is 0 Å². The molecule has 0 radical (unpaired) electrons. The minimum Gasteiger partial charge on any atom is -0.468 e. The van der Waals surface area contributed by atoms with Gasteiger partial charge in [-0.05, 0) is 23.8 Å². The van der Waals surface area contributed by atoms with E-state index in [1.165, 1.54) is 0 Å². The molecule has 0 amide bonds. The second-order valence-corrected chi connectivity index (χ2v) is 4.67. The Labute approximate surface area is 121 Å². The molecule has 5 nitrogen and oxygen atoms in total. The van der Waals surface area contributed by atoms with Gasteiger partial charge < -0.3 is 24.5 Å². The fourth-order valence-electron chi connectivity index (χ4n) is 1.74. The Morgan fingerprint density at radius 1 is 1.58 bits per heavy atom. The van der Waals surface area contributed by atoms with Crippen LogP contribution in [0.1, 0.15) is 5.56 Å². The molecule has 0 saturated carbocycles. The lowest BCUT2D eigenvalue weighted by Crippen LogP contribution is -2.30. The fourth-order valence-corrected chi connectivity index (χ4v) is 2.26. The molecule has 1 aromatic rings. The van der Waals surface area contributed by atoms with Gasteiger partial charge in [-0.3, -0.25) is 0 Å². The zero-order valence-electron chi connectivity index (χ0n) is 10.3. The predicted molar refractivity (Wildman–Crippen MR) is 77.9 cm³/mol. The first-order chi connectivity index (χ1) is 9.13. The van der Waals surface area contributed by atoms with Crippen LogP contribution in [-0.4, -0.2) is 37.6 Å². The Bertz CT molecular complexity index is 488. The standard InChI is InChI=1S/C11H13BClNO4S/c1-16-4-5-17-11(19)14-8-3-2-7-6-18-12(15)9(7)10(8)13/h2-3,15H,4-6H2,1H3,(H,14,19). The molecule has 1 heterocycles. The number of nitrogens with one attached hydrogen (secondary N) is 1. The number of halogens is 1. The first kappa shape index (κ1) is 14.6. The van der Waals surface area contributed by atoms with Crippen molar-refractivity contribution in [3.05, 3.63) is 22.7 Å². The lowest BCUT2D eigenvalue weighted by Gasteiger charge is -2.12. The molecule has 0 atom stereocenters. The summed E-state index contributed by atoms with van der Waals surface area (Å²) in [5, 5.41) is 13.1. The molecule has 2 rings (SSSR count). The van der Waals surface area contributed by atoms with E-state index >= 15 is 0 Å². The van der Waals surface area contributed by atoms with Crippen LogP contribution in [0.5, 0.6) is 0 Å². The normalized spacial score (nSPS) is 13.3. The smallest absolute Gasteiger partial charge is 0.468 e. The molecule has 19 heavy (non-hydrogen) atoms. The largest absolute Gasteiger partial charge is 0.493 e. The Hall–Kier alpha value is -0.855. The van der Waals surface area contributed by atoms with Crippen molar-refractivity contribution in [2.24, 2.45) is 0 Å². The van der Waals surface area contributed by atoms with Gasteiger partial charge in [-0.15, -0.1) is 0 Å². The van der Waals surface area contributed by atoms with Gasteiger partial charge in [-0.1, -0.05) is 17.7 Å². The van der Waals surface area contributed by atoms with E-state index in [1.807, 2.05) is 6.07 Å². The van der Waals surface area contributed by atoms with Crippen LogP contribution in [0, 0.1) is 0 Å². The number of fused-ring (bicyclic) bond motifs is 1. The maximum absolute atomic E-state index is 9.68. The molecule has 0 fully saturated rings. The number of hydrogen-bond acceptors (Lipinski definition) is 5. The molecule has 0 bridgehead atoms. The van der Waals surface area contributed by atoms with Crippen molar-refractivity contribution >= 4 is 47.3 Å². The Morgan fingerprint density at radius 2 is 2.37 bits per heavy atom. The summed E-state index contributed by atoms with van der Waals surface area (Å²) in [5.74, 6) is 0. The van der Waals surface area contributed by atoms with Crippen molar-refractivity contribution in [2.75, 3.05) is 25.6 Å². The number of ether oxygens (including phenoxy) is 2. The van der Waals surface area contributed by atoms with Gasteiger partial charge in [0.05, 0.1) is 23.9 Å². The third-order valence-electron chi connectivity index (χ3n) is 2.67. The van der Waals surface area contributed by atoms with Gasteiger partial charge >= 0.3 is 7.12 Å². The second kappa shape index (κ2) is 6.54. The van der Waals surface area contributed by atoms with Gasteiger partial charge in [0.15, 0.2) is 0 Å². The summed E-state index contributed by atoms with van der Waals surface area (Å²) >= 11 is 11.2. The summed E-state index contributed by atoms with van der Waals surface area (Å²) in [6.45, 7) is 1.16. The third-order valence-corrected chi connectivity index (χ3v) is 3.30. The number of methoxy groups -OCH3 is 1. The fraction of sp³-hybridized carbons (Fsp3) is 0.364. The highest BCUT2D eigenvalue weighted by Crippen LogP contribution is 2.25. The van der Waals surface area contributed by atoms with E-state index in [-0.39, 0.29) is 5.17 Å². The highest BCUT2D eigenvalue weighted by Gasteiger charge is 2.31. The Morgan fingerprint density at radius 3 is 3.11 bits per heavy atom. The van der Waals surface area contributed by atoms with Crippen LogP contribution in [0.15, 0.2) is 12.1 Å². The van der Waals surface area contributed by atoms with Gasteiger partial charge in [0.25, 0.3) is 5.17 Å². The SMILES string of the molecule is COCCOC(=S)Nc1ccc2c(c1Cl)B(O)OC2. The number of rotatable bonds is 4. The van der Waals surface area contributed by atoms with E-state index in [2.05, 4.69) is 5.32 Å².